The summed E-state index contributed by atoms with van der Waals surface area (Å²) in [5, 5.41) is 36.8. The van der Waals surface area contributed by atoms with E-state index < -0.39 is 78.7 Å². The van der Waals surface area contributed by atoms with E-state index in [0.29, 0.717) is 13.0 Å². The van der Waals surface area contributed by atoms with Crippen LogP contribution < -0.4 is 27.0 Å². The number of hydrogen-bond donors (Lipinski definition) is 8. The van der Waals surface area contributed by atoms with Gasteiger partial charge in [-0.25, -0.2) is 4.79 Å². The average Bonchev–Trinajstić information content (AvgIpc) is 3.18. The maximum Gasteiger partial charge on any atom is 0.328 e. The Balaban J connectivity index is 2.94. The van der Waals surface area contributed by atoms with Crippen LogP contribution in [0.3, 0.4) is 0 Å². The highest BCUT2D eigenvalue weighted by molar-refractivity contribution is 5.97. The van der Waals surface area contributed by atoms with Crippen molar-refractivity contribution >= 4 is 35.6 Å². The van der Waals surface area contributed by atoms with Gasteiger partial charge in [-0.05, 0) is 26.3 Å². The molecule has 5 unspecified atom stereocenters. The number of primary amides is 1. The van der Waals surface area contributed by atoms with E-state index in [4.69, 9.17) is 15.9 Å². The Morgan fingerprint density at radius 1 is 1.00 bits per heavy atom. The van der Waals surface area contributed by atoms with Crippen molar-refractivity contribution in [1.29, 1.82) is 0 Å². The molecule has 31 heavy (non-hydrogen) atoms. The number of aliphatic carboxylic acids is 2. The van der Waals surface area contributed by atoms with Crippen molar-refractivity contribution in [1.82, 2.24) is 21.3 Å². The predicted molar refractivity (Wildman–Crippen MR) is 102 cm³/mol. The lowest BCUT2D eigenvalue weighted by molar-refractivity contribution is -0.145. The first-order chi connectivity index (χ1) is 14.4. The molecule has 0 radical (unpaired) electrons. The van der Waals surface area contributed by atoms with Crippen LogP contribution in [0.25, 0.3) is 0 Å². The van der Waals surface area contributed by atoms with Crippen molar-refractivity contribution in [3.8, 4) is 0 Å². The lowest BCUT2D eigenvalue weighted by atomic mass is 10.1. The van der Waals surface area contributed by atoms with Crippen molar-refractivity contribution in [2.75, 3.05) is 6.54 Å². The standard InChI is InChI=1S/C17H27N5O9/c1-7(23)13(17(30)31)22-16(29)9(5-11(18)24)20-15(28)10(6-12(25)26)21-14(27)8-3-2-4-19-8/h7-10,13,19,23H,2-6H2,1H3,(H2,18,24)(H,20,28)(H,21,27)(H,22,29)(H,25,26)(H,30,31). The number of aliphatic hydroxyl groups is 1. The highest BCUT2D eigenvalue weighted by atomic mass is 16.4. The molecule has 4 amide bonds. The SMILES string of the molecule is CC(O)C(NC(=O)C(CC(N)=O)NC(=O)C(CC(=O)O)NC(=O)C1CCCN1)C(=O)O. The number of carboxylic acid groups (broad SMARTS) is 2. The van der Waals surface area contributed by atoms with Crippen LogP contribution in [0.2, 0.25) is 0 Å². The van der Waals surface area contributed by atoms with Gasteiger partial charge in [0.2, 0.25) is 23.6 Å². The topological polar surface area (TPSA) is 237 Å². The fourth-order valence-corrected chi connectivity index (χ4v) is 2.89. The summed E-state index contributed by atoms with van der Waals surface area (Å²) in [5.74, 6) is -6.81. The summed E-state index contributed by atoms with van der Waals surface area (Å²) in [7, 11) is 0. The number of carboxylic acids is 2. The molecule has 174 valence electrons. The zero-order valence-corrected chi connectivity index (χ0v) is 16.8. The maximum atomic E-state index is 12.6. The third-order valence-electron chi connectivity index (χ3n) is 4.47. The van der Waals surface area contributed by atoms with E-state index in [1.807, 2.05) is 5.32 Å². The van der Waals surface area contributed by atoms with Gasteiger partial charge in [0.1, 0.15) is 12.1 Å². The van der Waals surface area contributed by atoms with Gasteiger partial charge in [-0.1, -0.05) is 0 Å². The number of amides is 4. The van der Waals surface area contributed by atoms with Crippen LogP contribution in [0.15, 0.2) is 0 Å². The number of nitrogens with one attached hydrogen (secondary N) is 4. The predicted octanol–water partition coefficient (Wildman–Crippen LogP) is -3.99. The monoisotopic (exact) mass is 445 g/mol. The number of nitrogens with two attached hydrogens (primary N) is 1. The molecule has 0 aromatic heterocycles. The van der Waals surface area contributed by atoms with Gasteiger partial charge in [0.05, 0.1) is 25.0 Å². The minimum atomic E-state index is -1.73. The Hall–Kier alpha value is -3.26. The van der Waals surface area contributed by atoms with Crippen LogP contribution in [0.1, 0.15) is 32.6 Å². The molecule has 14 nitrogen and oxygen atoms in total. The molecule has 0 aromatic carbocycles. The third-order valence-corrected chi connectivity index (χ3v) is 4.47. The number of aliphatic hydroxyl groups excluding tert-OH is 1. The van der Waals surface area contributed by atoms with Crippen molar-refractivity contribution < 1.29 is 44.1 Å². The highest BCUT2D eigenvalue weighted by Crippen LogP contribution is 2.06. The van der Waals surface area contributed by atoms with Gasteiger partial charge >= 0.3 is 11.9 Å². The summed E-state index contributed by atoms with van der Waals surface area (Å²) in [4.78, 5) is 70.8. The average molecular weight is 445 g/mol. The van der Waals surface area contributed by atoms with Crippen molar-refractivity contribution in [2.24, 2.45) is 5.73 Å². The highest BCUT2D eigenvalue weighted by Gasteiger charge is 2.34. The van der Waals surface area contributed by atoms with Gasteiger partial charge < -0.3 is 42.3 Å². The maximum absolute atomic E-state index is 12.6. The molecular weight excluding hydrogens is 418 g/mol. The van der Waals surface area contributed by atoms with Crippen LogP contribution in [-0.2, 0) is 28.8 Å². The first-order valence-corrected chi connectivity index (χ1v) is 9.47. The molecule has 0 saturated carbocycles. The number of carbonyl (C=O) groups is 6. The van der Waals surface area contributed by atoms with Crippen molar-refractivity contribution in [3.05, 3.63) is 0 Å². The molecule has 1 heterocycles. The summed E-state index contributed by atoms with van der Waals surface area (Å²) in [6.45, 7) is 1.69. The summed E-state index contributed by atoms with van der Waals surface area (Å²) >= 11 is 0. The fourth-order valence-electron chi connectivity index (χ4n) is 2.89. The summed E-state index contributed by atoms with van der Waals surface area (Å²) in [6, 6.07) is -5.56. The van der Waals surface area contributed by atoms with E-state index in [1.165, 1.54) is 0 Å². The fraction of sp³-hybridized carbons (Fsp3) is 0.647. The Morgan fingerprint density at radius 2 is 1.58 bits per heavy atom. The first kappa shape index (κ1) is 25.8. The largest absolute Gasteiger partial charge is 0.481 e. The Kier molecular flexibility index (Phi) is 9.82. The van der Waals surface area contributed by atoms with Crippen LogP contribution >= 0.6 is 0 Å². The quantitative estimate of drug-likeness (QED) is 0.145. The van der Waals surface area contributed by atoms with Gasteiger partial charge in [-0.3, -0.25) is 24.0 Å². The van der Waals surface area contributed by atoms with E-state index >= 15 is 0 Å². The number of hydrogen-bond acceptors (Lipinski definition) is 8. The second kappa shape index (κ2) is 11.8. The van der Waals surface area contributed by atoms with E-state index in [0.717, 1.165) is 13.3 Å². The number of carbonyl (C=O) groups excluding carboxylic acids is 4. The summed E-state index contributed by atoms with van der Waals surface area (Å²) in [6.07, 6.45) is -1.81. The molecule has 14 heteroatoms. The van der Waals surface area contributed by atoms with E-state index in [9.17, 15) is 33.9 Å². The molecule has 1 saturated heterocycles. The van der Waals surface area contributed by atoms with Crippen LogP contribution in [0.5, 0.6) is 0 Å². The molecule has 1 fully saturated rings. The Labute approximate surface area is 176 Å². The molecular formula is C17H27N5O9. The minimum Gasteiger partial charge on any atom is -0.481 e. The lowest BCUT2D eigenvalue weighted by Gasteiger charge is -2.24. The molecule has 9 N–H and O–H groups in total. The van der Waals surface area contributed by atoms with Crippen molar-refractivity contribution in [3.63, 3.8) is 0 Å². The van der Waals surface area contributed by atoms with E-state index in [-0.39, 0.29) is 0 Å². The zero-order chi connectivity index (χ0) is 23.7. The van der Waals surface area contributed by atoms with Crippen LogP contribution in [-0.4, -0.2) is 87.7 Å². The second-order valence-electron chi connectivity index (χ2n) is 7.10. The molecule has 1 rings (SSSR count). The van der Waals surface area contributed by atoms with Gasteiger partial charge in [-0.2, -0.15) is 0 Å². The second-order valence-corrected chi connectivity index (χ2v) is 7.10. The third kappa shape index (κ3) is 8.55. The van der Waals surface area contributed by atoms with Gasteiger partial charge in [0.25, 0.3) is 0 Å². The summed E-state index contributed by atoms with van der Waals surface area (Å²) < 4.78 is 0. The number of rotatable bonds is 12. The van der Waals surface area contributed by atoms with Gasteiger partial charge in [0, 0.05) is 0 Å². The minimum absolute atomic E-state index is 0.496. The van der Waals surface area contributed by atoms with E-state index in [1.54, 1.807) is 0 Å². The Morgan fingerprint density at radius 3 is 2.03 bits per heavy atom. The van der Waals surface area contributed by atoms with Gasteiger partial charge in [0.15, 0.2) is 6.04 Å². The first-order valence-electron chi connectivity index (χ1n) is 9.47. The molecule has 1 aliphatic rings. The molecule has 0 aliphatic carbocycles. The smallest absolute Gasteiger partial charge is 0.328 e. The van der Waals surface area contributed by atoms with Crippen LogP contribution in [0.4, 0.5) is 0 Å². The summed E-state index contributed by atoms with van der Waals surface area (Å²) in [5.41, 5.74) is 5.07. The normalized spacial score (nSPS) is 19.4. The molecule has 0 spiro atoms. The zero-order valence-electron chi connectivity index (χ0n) is 16.8. The Bertz CT molecular complexity index is 721. The molecule has 5 atom stereocenters. The molecule has 1 aliphatic heterocycles. The lowest BCUT2D eigenvalue weighted by Crippen LogP contribution is -2.59. The van der Waals surface area contributed by atoms with E-state index in [2.05, 4.69) is 16.0 Å². The van der Waals surface area contributed by atoms with Crippen molar-refractivity contribution in [2.45, 2.75) is 62.9 Å². The molecule has 0 bridgehead atoms. The molecule has 0 aromatic rings. The van der Waals surface area contributed by atoms with Gasteiger partial charge in [-0.15, -0.1) is 0 Å². The van der Waals surface area contributed by atoms with Crippen LogP contribution in [0, 0.1) is 0 Å².